The van der Waals surface area contributed by atoms with Crippen LogP contribution in [0, 0.1) is 0 Å². The van der Waals surface area contributed by atoms with Crippen LogP contribution in [0.2, 0.25) is 5.02 Å². The van der Waals surface area contributed by atoms with E-state index < -0.39 is 0 Å². The van der Waals surface area contributed by atoms with Crippen LogP contribution in [0.3, 0.4) is 0 Å². The van der Waals surface area contributed by atoms with E-state index in [0.717, 1.165) is 10.9 Å². The summed E-state index contributed by atoms with van der Waals surface area (Å²) < 4.78 is 10.6. The number of carbonyl (C=O) groups excluding carboxylic acids is 1. The standard InChI is InChI=1S/C14H15ClN2O3/c1-19-13-7-20-6-12(13)17-14(18)11-5-8-9(15)3-2-4-10(8)16-11/h2-5,12-13,16H,6-7H2,1H3,(H,17,18)/t12-,13-/m0/s1. The van der Waals surface area contributed by atoms with Crippen LogP contribution in [-0.2, 0) is 9.47 Å². The molecule has 1 aliphatic heterocycles. The summed E-state index contributed by atoms with van der Waals surface area (Å²) in [5, 5.41) is 4.37. The highest BCUT2D eigenvalue weighted by Gasteiger charge is 2.30. The Bertz CT molecular complexity index is 640. The van der Waals surface area contributed by atoms with E-state index in [1.165, 1.54) is 0 Å². The largest absolute Gasteiger partial charge is 0.377 e. The molecule has 3 rings (SSSR count). The number of H-pyrrole nitrogens is 1. The van der Waals surface area contributed by atoms with Crippen LogP contribution in [0.4, 0.5) is 0 Å². The lowest BCUT2D eigenvalue weighted by Gasteiger charge is -2.16. The van der Waals surface area contributed by atoms with Gasteiger partial charge in [0.2, 0.25) is 0 Å². The van der Waals surface area contributed by atoms with Crippen molar-refractivity contribution in [2.45, 2.75) is 12.1 Å². The summed E-state index contributed by atoms with van der Waals surface area (Å²) in [5.41, 5.74) is 1.32. The molecule has 0 aliphatic carbocycles. The van der Waals surface area contributed by atoms with Gasteiger partial charge in [0, 0.05) is 23.0 Å². The molecule has 1 amide bonds. The third kappa shape index (κ3) is 2.40. The average Bonchev–Trinajstić information content (AvgIpc) is 3.05. The van der Waals surface area contributed by atoms with E-state index in [4.69, 9.17) is 21.1 Å². The Morgan fingerprint density at radius 1 is 1.50 bits per heavy atom. The highest BCUT2D eigenvalue weighted by molar-refractivity contribution is 6.35. The van der Waals surface area contributed by atoms with E-state index in [1.54, 1.807) is 19.2 Å². The fourth-order valence-corrected chi connectivity index (χ4v) is 2.62. The normalized spacial score (nSPS) is 22.3. The number of hydrogen-bond donors (Lipinski definition) is 2. The minimum absolute atomic E-state index is 0.105. The molecular weight excluding hydrogens is 280 g/mol. The molecule has 0 unspecified atom stereocenters. The van der Waals surface area contributed by atoms with E-state index in [1.807, 2.05) is 12.1 Å². The van der Waals surface area contributed by atoms with Gasteiger partial charge in [-0.3, -0.25) is 4.79 Å². The Balaban J connectivity index is 1.80. The van der Waals surface area contributed by atoms with Crippen LogP contribution in [0.5, 0.6) is 0 Å². The lowest BCUT2D eigenvalue weighted by atomic mass is 10.2. The number of halogens is 1. The Hall–Kier alpha value is -1.56. The van der Waals surface area contributed by atoms with E-state index in [2.05, 4.69) is 10.3 Å². The molecule has 2 atom stereocenters. The molecule has 0 radical (unpaired) electrons. The molecule has 0 bridgehead atoms. The number of aromatic nitrogens is 1. The fraction of sp³-hybridized carbons (Fsp3) is 0.357. The zero-order valence-corrected chi connectivity index (χ0v) is 11.7. The molecule has 106 valence electrons. The topological polar surface area (TPSA) is 63.4 Å². The molecule has 20 heavy (non-hydrogen) atoms. The number of nitrogens with one attached hydrogen (secondary N) is 2. The number of fused-ring (bicyclic) bond motifs is 1. The van der Waals surface area contributed by atoms with Crippen LogP contribution < -0.4 is 5.32 Å². The first-order chi connectivity index (χ1) is 9.69. The maximum Gasteiger partial charge on any atom is 0.268 e. The van der Waals surface area contributed by atoms with Gasteiger partial charge in [0.15, 0.2) is 0 Å². The van der Waals surface area contributed by atoms with Crippen molar-refractivity contribution in [3.8, 4) is 0 Å². The number of hydrogen-bond acceptors (Lipinski definition) is 3. The summed E-state index contributed by atoms with van der Waals surface area (Å²) in [4.78, 5) is 15.3. The third-order valence-electron chi connectivity index (χ3n) is 3.50. The van der Waals surface area contributed by atoms with E-state index in [9.17, 15) is 4.79 Å². The summed E-state index contributed by atoms with van der Waals surface area (Å²) in [6.07, 6.45) is -0.105. The molecule has 1 aromatic carbocycles. The Morgan fingerprint density at radius 2 is 2.35 bits per heavy atom. The fourth-order valence-electron chi connectivity index (χ4n) is 2.39. The van der Waals surface area contributed by atoms with Gasteiger partial charge < -0.3 is 19.8 Å². The summed E-state index contributed by atoms with van der Waals surface area (Å²) >= 11 is 6.10. The SMILES string of the molecule is CO[C@H]1COC[C@@H]1NC(=O)c1cc2c(Cl)cccc2[nH]1. The Kier molecular flexibility index (Phi) is 3.65. The van der Waals surface area contributed by atoms with Crippen molar-refractivity contribution in [1.82, 2.24) is 10.3 Å². The molecule has 1 fully saturated rings. The molecule has 2 N–H and O–H groups in total. The van der Waals surface area contributed by atoms with Crippen LogP contribution in [-0.4, -0.2) is 43.4 Å². The molecule has 6 heteroatoms. The van der Waals surface area contributed by atoms with E-state index in [0.29, 0.717) is 23.9 Å². The zero-order valence-electron chi connectivity index (χ0n) is 11.0. The zero-order chi connectivity index (χ0) is 14.1. The van der Waals surface area contributed by atoms with Gasteiger partial charge in [-0.25, -0.2) is 0 Å². The van der Waals surface area contributed by atoms with Crippen molar-refractivity contribution in [2.75, 3.05) is 20.3 Å². The lowest BCUT2D eigenvalue weighted by Crippen LogP contribution is -2.43. The third-order valence-corrected chi connectivity index (χ3v) is 3.83. The molecule has 1 aromatic heterocycles. The molecule has 1 aliphatic rings. The van der Waals surface area contributed by atoms with Crippen molar-refractivity contribution in [2.24, 2.45) is 0 Å². The number of amides is 1. The van der Waals surface area contributed by atoms with Crippen LogP contribution in [0.25, 0.3) is 10.9 Å². The predicted molar refractivity (Wildman–Crippen MR) is 76.2 cm³/mol. The molecule has 2 aromatic rings. The van der Waals surface area contributed by atoms with Gasteiger partial charge in [-0.1, -0.05) is 17.7 Å². The van der Waals surface area contributed by atoms with Gasteiger partial charge in [-0.15, -0.1) is 0 Å². The van der Waals surface area contributed by atoms with Crippen LogP contribution >= 0.6 is 11.6 Å². The second-order valence-corrected chi connectivity index (χ2v) is 5.18. The second-order valence-electron chi connectivity index (χ2n) is 4.78. The molecular formula is C14H15ClN2O3. The van der Waals surface area contributed by atoms with Gasteiger partial charge in [0.05, 0.1) is 19.3 Å². The van der Waals surface area contributed by atoms with Crippen LogP contribution in [0.1, 0.15) is 10.5 Å². The highest BCUT2D eigenvalue weighted by Crippen LogP contribution is 2.24. The Morgan fingerprint density at radius 3 is 3.10 bits per heavy atom. The monoisotopic (exact) mass is 294 g/mol. The minimum atomic E-state index is -0.185. The summed E-state index contributed by atoms with van der Waals surface area (Å²) in [6.45, 7) is 0.963. The average molecular weight is 295 g/mol. The van der Waals surface area contributed by atoms with Crippen molar-refractivity contribution in [3.63, 3.8) is 0 Å². The first kappa shape index (κ1) is 13.4. The molecule has 0 saturated carbocycles. The summed E-state index contributed by atoms with van der Waals surface area (Å²) in [5.74, 6) is -0.185. The van der Waals surface area contributed by atoms with Crippen molar-refractivity contribution >= 4 is 28.4 Å². The number of ether oxygens (including phenoxy) is 2. The number of rotatable bonds is 3. The number of carbonyl (C=O) groups is 1. The van der Waals surface area contributed by atoms with Crippen LogP contribution in [0.15, 0.2) is 24.3 Å². The first-order valence-corrected chi connectivity index (χ1v) is 6.75. The van der Waals surface area contributed by atoms with E-state index in [-0.39, 0.29) is 18.1 Å². The van der Waals surface area contributed by atoms with Gasteiger partial charge >= 0.3 is 0 Å². The summed E-state index contributed by atoms with van der Waals surface area (Å²) in [7, 11) is 1.61. The van der Waals surface area contributed by atoms with Crippen molar-refractivity contribution in [1.29, 1.82) is 0 Å². The quantitative estimate of drug-likeness (QED) is 0.910. The smallest absolute Gasteiger partial charge is 0.268 e. The molecule has 5 nitrogen and oxygen atoms in total. The van der Waals surface area contributed by atoms with Crippen molar-refractivity contribution < 1.29 is 14.3 Å². The lowest BCUT2D eigenvalue weighted by molar-refractivity contribution is 0.0684. The first-order valence-electron chi connectivity index (χ1n) is 6.37. The molecule has 1 saturated heterocycles. The number of benzene rings is 1. The van der Waals surface area contributed by atoms with E-state index >= 15 is 0 Å². The Labute approximate surface area is 121 Å². The second kappa shape index (κ2) is 5.44. The van der Waals surface area contributed by atoms with Gasteiger partial charge in [-0.05, 0) is 18.2 Å². The minimum Gasteiger partial charge on any atom is -0.377 e. The maximum atomic E-state index is 12.2. The van der Waals surface area contributed by atoms with Gasteiger partial charge in [0.1, 0.15) is 11.8 Å². The number of aromatic amines is 1. The van der Waals surface area contributed by atoms with Gasteiger partial charge in [-0.2, -0.15) is 0 Å². The molecule has 2 heterocycles. The predicted octanol–water partition coefficient (Wildman–Crippen LogP) is 1.96. The van der Waals surface area contributed by atoms with Gasteiger partial charge in [0.25, 0.3) is 5.91 Å². The summed E-state index contributed by atoms with van der Waals surface area (Å²) in [6, 6.07) is 7.15. The molecule has 0 spiro atoms. The van der Waals surface area contributed by atoms with Crippen molar-refractivity contribution in [3.05, 3.63) is 35.0 Å². The maximum absolute atomic E-state index is 12.2. The highest BCUT2D eigenvalue weighted by atomic mass is 35.5. The number of methoxy groups -OCH3 is 1.